The Balaban J connectivity index is 2.48. The number of halogens is 1. The molecule has 2 aromatic rings. The van der Waals surface area contributed by atoms with Gasteiger partial charge in [-0.2, -0.15) is 0 Å². The van der Waals surface area contributed by atoms with Gasteiger partial charge in [0.05, 0.1) is 0 Å². The molecule has 17 heavy (non-hydrogen) atoms. The number of aromatic nitrogens is 1. The van der Waals surface area contributed by atoms with Crippen molar-refractivity contribution in [3.05, 3.63) is 33.8 Å². The average molecular weight is 295 g/mol. The Morgan fingerprint density at radius 1 is 1.41 bits per heavy atom. The van der Waals surface area contributed by atoms with Crippen LogP contribution in [0.2, 0.25) is 0 Å². The van der Waals surface area contributed by atoms with Gasteiger partial charge in [0.15, 0.2) is 11.6 Å². The average Bonchev–Trinajstić information content (AvgIpc) is 2.66. The fourth-order valence-electron chi connectivity index (χ4n) is 1.77. The van der Waals surface area contributed by atoms with Crippen LogP contribution >= 0.6 is 15.9 Å². The zero-order valence-electron chi connectivity index (χ0n) is 9.96. The normalized spacial score (nSPS) is 10.8. The molecule has 0 unspecified atom stereocenters. The summed E-state index contributed by atoms with van der Waals surface area (Å²) in [6.45, 7) is 4.16. The van der Waals surface area contributed by atoms with E-state index < -0.39 is 0 Å². The molecule has 4 heteroatoms. The molecule has 0 saturated carbocycles. The number of benzene rings is 1. The van der Waals surface area contributed by atoms with Gasteiger partial charge in [-0.05, 0) is 25.0 Å². The summed E-state index contributed by atoms with van der Waals surface area (Å²) in [4.78, 5) is 0. The van der Waals surface area contributed by atoms with Gasteiger partial charge in [-0.25, -0.2) is 0 Å². The maximum absolute atomic E-state index is 5.82. The molecule has 1 aromatic carbocycles. The van der Waals surface area contributed by atoms with Crippen molar-refractivity contribution in [1.29, 1.82) is 0 Å². The van der Waals surface area contributed by atoms with Crippen molar-refractivity contribution in [2.75, 3.05) is 5.73 Å². The topological polar surface area (TPSA) is 52.0 Å². The molecule has 0 aliphatic rings. The third kappa shape index (κ3) is 2.36. The fourth-order valence-corrected chi connectivity index (χ4v) is 2.15. The van der Waals surface area contributed by atoms with Gasteiger partial charge in [-0.3, -0.25) is 0 Å². The Bertz CT molecular complexity index is 534. The molecule has 2 N–H and O–H groups in total. The first-order chi connectivity index (χ1) is 8.13. The first-order valence-corrected chi connectivity index (χ1v) is 6.43. The minimum Gasteiger partial charge on any atom is -0.381 e. The first-order valence-electron chi connectivity index (χ1n) is 5.64. The Labute approximate surface area is 109 Å². The van der Waals surface area contributed by atoms with Gasteiger partial charge in [0.1, 0.15) is 0 Å². The van der Waals surface area contributed by atoms with Crippen molar-refractivity contribution >= 4 is 21.7 Å². The summed E-state index contributed by atoms with van der Waals surface area (Å²) >= 11 is 3.52. The molecule has 0 radical (unpaired) electrons. The van der Waals surface area contributed by atoms with Crippen molar-refractivity contribution in [2.45, 2.75) is 26.7 Å². The second-order valence-electron chi connectivity index (χ2n) is 4.09. The number of nitrogen functional groups attached to an aromatic ring is 1. The highest BCUT2D eigenvalue weighted by molar-refractivity contribution is 9.10. The minimum absolute atomic E-state index is 0.499. The van der Waals surface area contributed by atoms with E-state index in [9.17, 15) is 0 Å². The predicted molar refractivity (Wildman–Crippen MR) is 72.8 cm³/mol. The molecule has 1 heterocycles. The summed E-state index contributed by atoms with van der Waals surface area (Å²) in [6.07, 6.45) is 1.90. The number of rotatable bonds is 3. The molecule has 0 spiro atoms. The van der Waals surface area contributed by atoms with Gasteiger partial charge in [-0.15, -0.1) is 0 Å². The second kappa shape index (κ2) is 4.92. The van der Waals surface area contributed by atoms with Crippen LogP contribution in [0.25, 0.3) is 11.3 Å². The zero-order chi connectivity index (χ0) is 12.4. The summed E-state index contributed by atoms with van der Waals surface area (Å²) in [5.41, 5.74) is 9.02. The SMILES string of the molecule is CCCc1c(N)noc1-c1ccc(C)c(Br)c1. The van der Waals surface area contributed by atoms with Crippen LogP contribution in [0.4, 0.5) is 5.82 Å². The molecule has 0 aliphatic heterocycles. The molecular weight excluding hydrogens is 280 g/mol. The van der Waals surface area contributed by atoms with Crippen molar-refractivity contribution in [3.63, 3.8) is 0 Å². The molecule has 2 rings (SSSR count). The molecule has 0 fully saturated rings. The highest BCUT2D eigenvalue weighted by Gasteiger charge is 2.15. The number of hydrogen-bond acceptors (Lipinski definition) is 3. The standard InChI is InChI=1S/C13H15BrN2O/c1-3-4-10-12(17-16-13(10)15)9-6-5-8(2)11(14)7-9/h5-7H,3-4H2,1-2H3,(H2,15,16). The lowest BCUT2D eigenvalue weighted by Gasteiger charge is -2.03. The number of anilines is 1. The molecule has 0 amide bonds. The zero-order valence-corrected chi connectivity index (χ0v) is 11.5. The van der Waals surface area contributed by atoms with E-state index in [1.807, 2.05) is 18.2 Å². The van der Waals surface area contributed by atoms with E-state index in [0.717, 1.165) is 34.2 Å². The molecule has 3 nitrogen and oxygen atoms in total. The number of nitrogens with two attached hydrogens (primary N) is 1. The van der Waals surface area contributed by atoms with Crippen LogP contribution in [0, 0.1) is 6.92 Å². The van der Waals surface area contributed by atoms with Crippen LogP contribution in [-0.4, -0.2) is 5.16 Å². The molecular formula is C13H15BrN2O. The van der Waals surface area contributed by atoms with E-state index >= 15 is 0 Å². The predicted octanol–water partition coefficient (Wildman–Crippen LogP) is 3.95. The van der Waals surface area contributed by atoms with Gasteiger partial charge in [0.2, 0.25) is 0 Å². The highest BCUT2D eigenvalue weighted by Crippen LogP contribution is 2.31. The molecule has 90 valence electrons. The van der Waals surface area contributed by atoms with E-state index in [4.69, 9.17) is 10.3 Å². The number of hydrogen-bond donors (Lipinski definition) is 1. The Morgan fingerprint density at radius 3 is 2.82 bits per heavy atom. The second-order valence-corrected chi connectivity index (χ2v) is 4.94. The Kier molecular flexibility index (Phi) is 3.52. The van der Waals surface area contributed by atoms with Crippen molar-refractivity contribution in [3.8, 4) is 11.3 Å². The van der Waals surface area contributed by atoms with Gasteiger partial charge < -0.3 is 10.3 Å². The molecule has 1 aromatic heterocycles. The van der Waals surface area contributed by atoms with Crippen molar-refractivity contribution in [1.82, 2.24) is 5.16 Å². The van der Waals surface area contributed by atoms with Gasteiger partial charge in [0, 0.05) is 15.6 Å². The van der Waals surface area contributed by atoms with Gasteiger partial charge in [0.25, 0.3) is 0 Å². The summed E-state index contributed by atoms with van der Waals surface area (Å²) < 4.78 is 6.40. The molecule has 0 bridgehead atoms. The van der Waals surface area contributed by atoms with Crippen LogP contribution in [0.3, 0.4) is 0 Å². The summed E-state index contributed by atoms with van der Waals surface area (Å²) in [5.74, 6) is 1.28. The van der Waals surface area contributed by atoms with Crippen LogP contribution in [-0.2, 0) is 6.42 Å². The van der Waals surface area contributed by atoms with Gasteiger partial charge >= 0.3 is 0 Å². The minimum atomic E-state index is 0.499. The number of aryl methyl sites for hydroxylation is 1. The van der Waals surface area contributed by atoms with Crippen molar-refractivity contribution in [2.24, 2.45) is 0 Å². The van der Waals surface area contributed by atoms with E-state index in [2.05, 4.69) is 34.9 Å². The maximum atomic E-state index is 5.82. The third-order valence-electron chi connectivity index (χ3n) is 2.75. The molecule has 0 atom stereocenters. The molecule has 0 aliphatic carbocycles. The van der Waals surface area contributed by atoms with Crippen molar-refractivity contribution < 1.29 is 4.52 Å². The lowest BCUT2D eigenvalue weighted by molar-refractivity contribution is 0.435. The maximum Gasteiger partial charge on any atom is 0.172 e. The van der Waals surface area contributed by atoms with E-state index in [0.29, 0.717) is 5.82 Å². The van der Waals surface area contributed by atoms with Crippen LogP contribution in [0.15, 0.2) is 27.2 Å². The summed E-state index contributed by atoms with van der Waals surface area (Å²) in [5, 5.41) is 3.85. The Hall–Kier alpha value is -1.29. The quantitative estimate of drug-likeness (QED) is 0.932. The largest absolute Gasteiger partial charge is 0.381 e. The van der Waals surface area contributed by atoms with Crippen LogP contribution in [0.5, 0.6) is 0 Å². The summed E-state index contributed by atoms with van der Waals surface area (Å²) in [7, 11) is 0. The smallest absolute Gasteiger partial charge is 0.172 e. The van der Waals surface area contributed by atoms with Gasteiger partial charge in [-0.1, -0.05) is 46.6 Å². The monoisotopic (exact) mass is 294 g/mol. The summed E-state index contributed by atoms with van der Waals surface area (Å²) in [6, 6.07) is 6.11. The fraction of sp³-hybridized carbons (Fsp3) is 0.308. The number of nitrogens with zero attached hydrogens (tertiary/aromatic N) is 1. The van der Waals surface area contributed by atoms with E-state index in [-0.39, 0.29) is 0 Å². The molecule has 0 saturated heterocycles. The van der Waals surface area contributed by atoms with Crippen LogP contribution < -0.4 is 5.73 Å². The highest BCUT2D eigenvalue weighted by atomic mass is 79.9. The first kappa shape index (κ1) is 12.2. The lowest BCUT2D eigenvalue weighted by Crippen LogP contribution is -1.92. The van der Waals surface area contributed by atoms with E-state index in [1.165, 1.54) is 5.56 Å². The Morgan fingerprint density at radius 2 is 2.18 bits per heavy atom. The van der Waals surface area contributed by atoms with E-state index in [1.54, 1.807) is 0 Å². The van der Waals surface area contributed by atoms with Crippen LogP contribution in [0.1, 0.15) is 24.5 Å². The lowest BCUT2D eigenvalue weighted by atomic mass is 10.0. The third-order valence-corrected chi connectivity index (χ3v) is 3.61.